The Balaban J connectivity index is 1.94. The van der Waals surface area contributed by atoms with E-state index in [9.17, 15) is 4.79 Å². The molecule has 17 heavy (non-hydrogen) atoms. The second-order valence-corrected chi connectivity index (χ2v) is 4.92. The van der Waals surface area contributed by atoms with E-state index in [0.717, 1.165) is 19.4 Å². The van der Waals surface area contributed by atoms with Gasteiger partial charge in [-0.25, -0.2) is 4.98 Å². The first kappa shape index (κ1) is 12.3. The molecular formula is C12H16ClN3O. The highest BCUT2D eigenvalue weighted by Crippen LogP contribution is 2.16. The minimum absolute atomic E-state index is 0.0219. The lowest BCUT2D eigenvalue weighted by Gasteiger charge is -2.27. The van der Waals surface area contributed by atoms with Crippen molar-refractivity contribution in [1.82, 2.24) is 10.3 Å². The molecule has 0 aromatic carbocycles. The van der Waals surface area contributed by atoms with E-state index < -0.39 is 0 Å². The van der Waals surface area contributed by atoms with Gasteiger partial charge in [0.1, 0.15) is 5.82 Å². The lowest BCUT2D eigenvalue weighted by atomic mass is 9.94. The summed E-state index contributed by atoms with van der Waals surface area (Å²) in [5.74, 6) is 1.11. The maximum absolute atomic E-state index is 12.0. The Labute approximate surface area is 106 Å². The van der Waals surface area contributed by atoms with Crippen molar-refractivity contribution in [1.29, 1.82) is 0 Å². The molecule has 1 saturated heterocycles. The number of carbonyl (C=O) groups is 1. The molecule has 0 saturated carbocycles. The van der Waals surface area contributed by atoms with Gasteiger partial charge in [-0.3, -0.25) is 4.79 Å². The van der Waals surface area contributed by atoms with E-state index in [1.165, 1.54) is 6.20 Å². The third-order valence-corrected chi connectivity index (χ3v) is 3.18. The molecule has 1 aromatic heterocycles. The number of rotatable bonds is 2. The molecule has 2 heterocycles. The van der Waals surface area contributed by atoms with Gasteiger partial charge in [-0.1, -0.05) is 18.5 Å². The molecule has 1 aliphatic rings. The number of hydrogen-bond acceptors (Lipinski definition) is 3. The van der Waals surface area contributed by atoms with E-state index in [0.29, 0.717) is 16.8 Å². The largest absolute Gasteiger partial charge is 0.309 e. The summed E-state index contributed by atoms with van der Waals surface area (Å²) in [6.45, 7) is 3.06. The zero-order valence-electron chi connectivity index (χ0n) is 9.74. The van der Waals surface area contributed by atoms with Gasteiger partial charge in [0.2, 0.25) is 5.91 Å². The van der Waals surface area contributed by atoms with Gasteiger partial charge < -0.3 is 10.6 Å². The summed E-state index contributed by atoms with van der Waals surface area (Å²) in [6.07, 6.45) is 3.52. The molecule has 0 aliphatic carbocycles. The van der Waals surface area contributed by atoms with Gasteiger partial charge in [0.05, 0.1) is 11.1 Å². The summed E-state index contributed by atoms with van der Waals surface area (Å²) in [4.78, 5) is 16.0. The SMILES string of the molecule is CC1CCNC(C(=O)Nc2ccc(Cl)cn2)C1. The van der Waals surface area contributed by atoms with Gasteiger partial charge in [0.25, 0.3) is 0 Å². The third-order valence-electron chi connectivity index (χ3n) is 2.96. The second-order valence-electron chi connectivity index (χ2n) is 4.49. The zero-order chi connectivity index (χ0) is 12.3. The Morgan fingerprint density at radius 2 is 2.41 bits per heavy atom. The number of carbonyl (C=O) groups excluding carboxylic acids is 1. The number of nitrogens with one attached hydrogen (secondary N) is 2. The third kappa shape index (κ3) is 3.41. The van der Waals surface area contributed by atoms with Gasteiger partial charge in [0, 0.05) is 6.20 Å². The molecule has 1 aliphatic heterocycles. The average Bonchev–Trinajstić information content (AvgIpc) is 2.32. The van der Waals surface area contributed by atoms with Crippen molar-refractivity contribution in [2.45, 2.75) is 25.8 Å². The van der Waals surface area contributed by atoms with Crippen LogP contribution in [0.1, 0.15) is 19.8 Å². The fourth-order valence-corrected chi connectivity index (χ4v) is 2.08. The van der Waals surface area contributed by atoms with Crippen LogP contribution in [-0.2, 0) is 4.79 Å². The number of aromatic nitrogens is 1. The van der Waals surface area contributed by atoms with Crippen LogP contribution in [0.4, 0.5) is 5.82 Å². The molecule has 1 amide bonds. The summed E-state index contributed by atoms with van der Waals surface area (Å²) < 4.78 is 0. The quantitative estimate of drug-likeness (QED) is 0.848. The fraction of sp³-hybridized carbons (Fsp3) is 0.500. The molecule has 2 unspecified atom stereocenters. The van der Waals surface area contributed by atoms with Crippen molar-refractivity contribution in [2.75, 3.05) is 11.9 Å². The Hall–Kier alpha value is -1.13. The fourth-order valence-electron chi connectivity index (χ4n) is 1.97. The monoisotopic (exact) mass is 253 g/mol. The van der Waals surface area contributed by atoms with E-state index in [-0.39, 0.29) is 11.9 Å². The van der Waals surface area contributed by atoms with Crippen molar-refractivity contribution in [3.8, 4) is 0 Å². The number of pyridine rings is 1. The van der Waals surface area contributed by atoms with E-state index in [2.05, 4.69) is 22.5 Å². The molecule has 5 heteroatoms. The minimum atomic E-state index is -0.115. The number of hydrogen-bond donors (Lipinski definition) is 2. The summed E-state index contributed by atoms with van der Waals surface area (Å²) in [6, 6.07) is 3.30. The highest BCUT2D eigenvalue weighted by atomic mass is 35.5. The number of piperidine rings is 1. The van der Waals surface area contributed by atoms with Crippen LogP contribution in [0.3, 0.4) is 0 Å². The first-order valence-electron chi connectivity index (χ1n) is 5.81. The Bertz CT molecular complexity index is 393. The van der Waals surface area contributed by atoms with Crippen LogP contribution in [-0.4, -0.2) is 23.5 Å². The first-order chi connectivity index (χ1) is 8.15. The molecule has 2 atom stereocenters. The van der Waals surface area contributed by atoms with Crippen LogP contribution in [0, 0.1) is 5.92 Å². The van der Waals surface area contributed by atoms with Gasteiger partial charge in [-0.15, -0.1) is 0 Å². The molecule has 2 N–H and O–H groups in total. The van der Waals surface area contributed by atoms with Crippen molar-refractivity contribution in [2.24, 2.45) is 5.92 Å². The van der Waals surface area contributed by atoms with Crippen LogP contribution >= 0.6 is 11.6 Å². The van der Waals surface area contributed by atoms with Gasteiger partial charge >= 0.3 is 0 Å². The highest BCUT2D eigenvalue weighted by Gasteiger charge is 2.24. The van der Waals surface area contributed by atoms with E-state index in [1.54, 1.807) is 12.1 Å². The molecular weight excluding hydrogens is 238 g/mol. The predicted molar refractivity (Wildman–Crippen MR) is 68.1 cm³/mol. The topological polar surface area (TPSA) is 54.0 Å². The standard InChI is InChI=1S/C12H16ClN3O/c1-8-4-5-14-10(6-8)12(17)16-11-3-2-9(13)7-15-11/h2-3,7-8,10,14H,4-6H2,1H3,(H,15,16,17). The molecule has 0 spiro atoms. The number of nitrogens with zero attached hydrogens (tertiary/aromatic N) is 1. The number of halogens is 1. The summed E-state index contributed by atoms with van der Waals surface area (Å²) in [7, 11) is 0. The molecule has 0 bridgehead atoms. The van der Waals surface area contributed by atoms with Crippen molar-refractivity contribution >= 4 is 23.3 Å². The normalized spacial score (nSPS) is 24.4. The summed E-state index contributed by atoms with van der Waals surface area (Å²) in [5.41, 5.74) is 0. The van der Waals surface area contributed by atoms with E-state index in [1.807, 2.05) is 0 Å². The van der Waals surface area contributed by atoms with E-state index in [4.69, 9.17) is 11.6 Å². The Morgan fingerprint density at radius 1 is 1.59 bits per heavy atom. The van der Waals surface area contributed by atoms with Gasteiger partial charge in [0.15, 0.2) is 0 Å². The molecule has 0 radical (unpaired) electrons. The number of anilines is 1. The van der Waals surface area contributed by atoms with Crippen LogP contribution in [0.2, 0.25) is 5.02 Å². The summed E-state index contributed by atoms with van der Waals surface area (Å²) >= 11 is 5.73. The average molecular weight is 254 g/mol. The lowest BCUT2D eigenvalue weighted by molar-refractivity contribution is -0.119. The van der Waals surface area contributed by atoms with Crippen LogP contribution in [0.5, 0.6) is 0 Å². The molecule has 92 valence electrons. The van der Waals surface area contributed by atoms with Gasteiger partial charge in [-0.05, 0) is 37.4 Å². The number of amides is 1. The van der Waals surface area contributed by atoms with Gasteiger partial charge in [-0.2, -0.15) is 0 Å². The van der Waals surface area contributed by atoms with E-state index >= 15 is 0 Å². The molecule has 1 fully saturated rings. The summed E-state index contributed by atoms with van der Waals surface area (Å²) in [5, 5.41) is 6.57. The maximum Gasteiger partial charge on any atom is 0.242 e. The highest BCUT2D eigenvalue weighted by molar-refractivity contribution is 6.30. The van der Waals surface area contributed by atoms with Crippen molar-refractivity contribution in [3.05, 3.63) is 23.4 Å². The van der Waals surface area contributed by atoms with Crippen LogP contribution in [0.15, 0.2) is 18.3 Å². The lowest BCUT2D eigenvalue weighted by Crippen LogP contribution is -2.45. The minimum Gasteiger partial charge on any atom is -0.309 e. The zero-order valence-corrected chi connectivity index (χ0v) is 10.5. The maximum atomic E-state index is 12.0. The molecule has 4 nitrogen and oxygen atoms in total. The van der Waals surface area contributed by atoms with Crippen molar-refractivity contribution < 1.29 is 4.79 Å². The van der Waals surface area contributed by atoms with Crippen LogP contribution < -0.4 is 10.6 Å². The molecule has 2 rings (SSSR count). The van der Waals surface area contributed by atoms with Crippen LogP contribution in [0.25, 0.3) is 0 Å². The first-order valence-corrected chi connectivity index (χ1v) is 6.19. The predicted octanol–water partition coefficient (Wildman–Crippen LogP) is 2.06. The smallest absolute Gasteiger partial charge is 0.242 e. The molecule has 1 aromatic rings. The Kier molecular flexibility index (Phi) is 3.97. The van der Waals surface area contributed by atoms with Crippen molar-refractivity contribution in [3.63, 3.8) is 0 Å². The Morgan fingerprint density at radius 3 is 3.06 bits per heavy atom. The second kappa shape index (κ2) is 5.47.